The zero-order chi connectivity index (χ0) is 14.4. The maximum atomic E-state index is 12.1. The molecule has 22 heavy (non-hydrogen) atoms. The quantitative estimate of drug-likeness (QED) is 0.788. The van der Waals surface area contributed by atoms with Gasteiger partial charge >= 0.3 is 0 Å². The molecular formula is C15H21Cl2N3O2. The number of hydrogen-bond donors (Lipinski definition) is 2. The highest BCUT2D eigenvalue weighted by Gasteiger charge is 2.17. The molecule has 0 saturated heterocycles. The molecule has 122 valence electrons. The van der Waals surface area contributed by atoms with Crippen LogP contribution >= 0.6 is 24.8 Å². The van der Waals surface area contributed by atoms with Gasteiger partial charge in [0.25, 0.3) is 5.91 Å². The fourth-order valence-electron chi connectivity index (χ4n) is 1.87. The molecule has 0 bridgehead atoms. The summed E-state index contributed by atoms with van der Waals surface area (Å²) in [6.07, 6.45) is 3.05. The fourth-order valence-corrected chi connectivity index (χ4v) is 1.87. The first kappa shape index (κ1) is 20.4. The number of halogens is 2. The summed E-state index contributed by atoms with van der Waals surface area (Å²) in [7, 11) is 0. The van der Waals surface area contributed by atoms with Crippen molar-refractivity contribution in [2.75, 3.05) is 13.1 Å². The van der Waals surface area contributed by atoms with Crippen LogP contribution in [0.4, 0.5) is 0 Å². The highest BCUT2D eigenvalue weighted by Crippen LogP contribution is 2.23. The summed E-state index contributed by atoms with van der Waals surface area (Å²) in [4.78, 5) is 16.1. The fraction of sp³-hybridized carbons (Fsp3) is 0.333. The molecule has 5 nitrogen and oxygen atoms in total. The highest BCUT2D eigenvalue weighted by molar-refractivity contribution is 5.97. The van der Waals surface area contributed by atoms with Crippen LogP contribution in [0.2, 0.25) is 0 Å². The van der Waals surface area contributed by atoms with Gasteiger partial charge in [-0.2, -0.15) is 0 Å². The molecular weight excluding hydrogens is 325 g/mol. The monoisotopic (exact) mass is 345 g/mol. The van der Waals surface area contributed by atoms with E-state index in [0.29, 0.717) is 24.5 Å². The molecule has 0 aliphatic rings. The van der Waals surface area contributed by atoms with E-state index in [0.717, 1.165) is 24.0 Å². The Balaban J connectivity index is 0.00000220. The first-order chi connectivity index (χ1) is 9.72. The lowest BCUT2D eigenvalue weighted by molar-refractivity contribution is 0.0949. The van der Waals surface area contributed by atoms with Crippen molar-refractivity contribution in [1.29, 1.82) is 0 Å². The van der Waals surface area contributed by atoms with Gasteiger partial charge in [-0.05, 0) is 26.3 Å². The molecule has 0 spiro atoms. The average molecular weight is 346 g/mol. The third-order valence-corrected chi connectivity index (χ3v) is 3.01. The van der Waals surface area contributed by atoms with Crippen LogP contribution in [0.25, 0.3) is 11.3 Å². The Bertz CT molecular complexity index is 570. The molecule has 1 aromatic carbocycles. The predicted molar refractivity (Wildman–Crippen MR) is 91.8 cm³/mol. The van der Waals surface area contributed by atoms with Gasteiger partial charge in [0.05, 0.1) is 0 Å². The van der Waals surface area contributed by atoms with Gasteiger partial charge in [0.1, 0.15) is 0 Å². The number of oxazole rings is 1. The SMILES string of the molecule is Cc1ccc(-c2ocnc2C(=O)NCCCCN)cc1.Cl.Cl. The van der Waals surface area contributed by atoms with Gasteiger partial charge in [0.2, 0.25) is 0 Å². The van der Waals surface area contributed by atoms with Gasteiger partial charge in [0.15, 0.2) is 17.8 Å². The first-order valence-electron chi connectivity index (χ1n) is 6.71. The van der Waals surface area contributed by atoms with E-state index in [-0.39, 0.29) is 30.7 Å². The van der Waals surface area contributed by atoms with Crippen LogP contribution < -0.4 is 11.1 Å². The molecule has 0 fully saturated rings. The molecule has 0 unspecified atom stereocenters. The van der Waals surface area contributed by atoms with Crippen molar-refractivity contribution in [3.8, 4) is 11.3 Å². The van der Waals surface area contributed by atoms with Crippen molar-refractivity contribution in [3.05, 3.63) is 41.9 Å². The third kappa shape index (κ3) is 5.33. The minimum Gasteiger partial charge on any atom is -0.443 e. The second kappa shape index (κ2) is 10.2. The number of nitrogens with two attached hydrogens (primary N) is 1. The van der Waals surface area contributed by atoms with Crippen LogP contribution in [-0.4, -0.2) is 24.0 Å². The lowest BCUT2D eigenvalue weighted by Crippen LogP contribution is -2.25. The minimum absolute atomic E-state index is 0. The second-order valence-corrected chi connectivity index (χ2v) is 4.65. The normalized spacial score (nSPS) is 9.55. The maximum Gasteiger partial charge on any atom is 0.273 e. The van der Waals surface area contributed by atoms with Crippen molar-refractivity contribution in [2.45, 2.75) is 19.8 Å². The molecule has 2 aromatic rings. The number of carbonyl (C=O) groups is 1. The van der Waals surface area contributed by atoms with Crippen molar-refractivity contribution in [3.63, 3.8) is 0 Å². The number of benzene rings is 1. The van der Waals surface area contributed by atoms with Crippen LogP contribution in [0.15, 0.2) is 35.1 Å². The molecule has 3 N–H and O–H groups in total. The lowest BCUT2D eigenvalue weighted by atomic mass is 10.1. The Hall–Kier alpha value is -1.56. The Kier molecular flexibility index (Phi) is 9.49. The number of unbranched alkanes of at least 4 members (excludes halogenated alkanes) is 1. The summed E-state index contributed by atoms with van der Waals surface area (Å²) in [6, 6.07) is 7.78. The summed E-state index contributed by atoms with van der Waals surface area (Å²) < 4.78 is 5.35. The number of aromatic nitrogens is 1. The molecule has 1 heterocycles. The van der Waals surface area contributed by atoms with Gasteiger partial charge in [0, 0.05) is 12.1 Å². The molecule has 7 heteroatoms. The lowest BCUT2D eigenvalue weighted by Gasteiger charge is -2.04. The summed E-state index contributed by atoms with van der Waals surface area (Å²) >= 11 is 0. The third-order valence-electron chi connectivity index (χ3n) is 3.01. The van der Waals surface area contributed by atoms with Gasteiger partial charge in [-0.15, -0.1) is 24.8 Å². The molecule has 1 aromatic heterocycles. The summed E-state index contributed by atoms with van der Waals surface area (Å²) in [5.41, 5.74) is 7.73. The van der Waals surface area contributed by atoms with Crippen LogP contribution in [-0.2, 0) is 0 Å². The van der Waals surface area contributed by atoms with E-state index in [1.54, 1.807) is 0 Å². The standard InChI is InChI=1S/C15H19N3O2.2ClH/c1-11-4-6-12(7-5-11)14-13(18-10-20-14)15(19)17-9-3-2-8-16;;/h4-7,10H,2-3,8-9,16H2,1H3,(H,17,19);2*1H. The van der Waals surface area contributed by atoms with Crippen molar-refractivity contribution in [2.24, 2.45) is 5.73 Å². The van der Waals surface area contributed by atoms with Crippen LogP contribution in [0, 0.1) is 6.92 Å². The Morgan fingerprint density at radius 1 is 1.23 bits per heavy atom. The average Bonchev–Trinajstić information content (AvgIpc) is 2.93. The number of nitrogens with one attached hydrogen (secondary N) is 1. The van der Waals surface area contributed by atoms with E-state index in [9.17, 15) is 4.79 Å². The highest BCUT2D eigenvalue weighted by atomic mass is 35.5. The maximum absolute atomic E-state index is 12.1. The topological polar surface area (TPSA) is 81.2 Å². The van der Waals surface area contributed by atoms with Gasteiger partial charge < -0.3 is 15.5 Å². The van der Waals surface area contributed by atoms with E-state index >= 15 is 0 Å². The van der Waals surface area contributed by atoms with E-state index in [4.69, 9.17) is 10.2 Å². The molecule has 0 saturated carbocycles. The Morgan fingerprint density at radius 2 is 1.91 bits per heavy atom. The van der Waals surface area contributed by atoms with Crippen LogP contribution in [0.3, 0.4) is 0 Å². The molecule has 2 rings (SSSR count). The van der Waals surface area contributed by atoms with Crippen molar-refractivity contribution >= 4 is 30.7 Å². The largest absolute Gasteiger partial charge is 0.443 e. The smallest absolute Gasteiger partial charge is 0.273 e. The van der Waals surface area contributed by atoms with Crippen molar-refractivity contribution in [1.82, 2.24) is 10.3 Å². The number of hydrogen-bond acceptors (Lipinski definition) is 4. The molecule has 0 radical (unpaired) electrons. The van der Waals surface area contributed by atoms with Gasteiger partial charge in [-0.25, -0.2) is 4.98 Å². The van der Waals surface area contributed by atoms with Crippen LogP contribution in [0.1, 0.15) is 28.9 Å². The molecule has 0 atom stereocenters. The minimum atomic E-state index is -0.216. The summed E-state index contributed by atoms with van der Waals surface area (Å²) in [5.74, 6) is 0.285. The number of rotatable bonds is 6. The van der Waals surface area contributed by atoms with Crippen molar-refractivity contribution < 1.29 is 9.21 Å². The second-order valence-electron chi connectivity index (χ2n) is 4.65. The number of nitrogens with zero attached hydrogens (tertiary/aromatic N) is 1. The van der Waals surface area contributed by atoms with E-state index in [1.807, 2.05) is 31.2 Å². The van der Waals surface area contributed by atoms with Gasteiger partial charge in [-0.1, -0.05) is 29.8 Å². The van der Waals surface area contributed by atoms with E-state index < -0.39 is 0 Å². The van der Waals surface area contributed by atoms with E-state index in [1.165, 1.54) is 6.39 Å². The number of amides is 1. The number of aryl methyl sites for hydroxylation is 1. The summed E-state index contributed by atoms with van der Waals surface area (Å²) in [5, 5.41) is 2.82. The molecule has 0 aliphatic carbocycles. The Morgan fingerprint density at radius 3 is 2.55 bits per heavy atom. The zero-order valence-electron chi connectivity index (χ0n) is 12.4. The summed E-state index contributed by atoms with van der Waals surface area (Å²) in [6.45, 7) is 3.24. The van der Waals surface area contributed by atoms with Gasteiger partial charge in [-0.3, -0.25) is 4.79 Å². The zero-order valence-corrected chi connectivity index (χ0v) is 14.0. The molecule has 0 aliphatic heterocycles. The molecule has 1 amide bonds. The van der Waals surface area contributed by atoms with E-state index in [2.05, 4.69) is 10.3 Å². The first-order valence-corrected chi connectivity index (χ1v) is 6.71. The predicted octanol–water partition coefficient (Wildman–Crippen LogP) is 2.96. The van der Waals surface area contributed by atoms with Crippen LogP contribution in [0.5, 0.6) is 0 Å². The number of carbonyl (C=O) groups excluding carboxylic acids is 1. The Labute approximate surface area is 142 Å².